The molecule has 5 heteroatoms. The molecule has 1 saturated carbocycles. The van der Waals surface area contributed by atoms with Crippen LogP contribution in [0.2, 0.25) is 0 Å². The molecule has 2 aliphatic rings. The first-order chi connectivity index (χ1) is 12.2. The summed E-state index contributed by atoms with van der Waals surface area (Å²) in [5.41, 5.74) is 7.16. The van der Waals surface area contributed by atoms with Crippen LogP contribution < -0.4 is 20.7 Å². The predicted octanol–water partition coefficient (Wildman–Crippen LogP) is 2.69. The third-order valence-electron chi connectivity index (χ3n) is 5.86. The Kier molecular flexibility index (Phi) is 5.84. The van der Waals surface area contributed by atoms with Crippen molar-refractivity contribution in [2.75, 3.05) is 31.6 Å². The van der Waals surface area contributed by atoms with Crippen LogP contribution >= 0.6 is 0 Å². The van der Waals surface area contributed by atoms with Gasteiger partial charge in [0.2, 0.25) is 5.91 Å². The van der Waals surface area contributed by atoms with Crippen molar-refractivity contribution < 1.29 is 9.53 Å². The summed E-state index contributed by atoms with van der Waals surface area (Å²) in [6.45, 7) is 2.40. The highest BCUT2D eigenvalue weighted by atomic mass is 16.5. The summed E-state index contributed by atoms with van der Waals surface area (Å²) < 4.78 is 5.46. The van der Waals surface area contributed by atoms with Gasteiger partial charge < -0.3 is 20.7 Å². The van der Waals surface area contributed by atoms with E-state index in [0.717, 1.165) is 43.8 Å². The Morgan fingerprint density at radius 1 is 1.32 bits per heavy atom. The molecule has 5 nitrogen and oxygen atoms in total. The molecule has 1 heterocycles. The number of hydrogen-bond acceptors (Lipinski definition) is 4. The monoisotopic (exact) mass is 345 g/mol. The molecule has 1 amide bonds. The Hall–Kier alpha value is -1.75. The zero-order valence-electron chi connectivity index (χ0n) is 15.3. The van der Waals surface area contributed by atoms with Crippen LogP contribution in [0.1, 0.15) is 44.9 Å². The lowest BCUT2D eigenvalue weighted by molar-refractivity contribution is -0.124. The lowest BCUT2D eigenvalue weighted by Gasteiger charge is -2.36. The molecule has 1 atom stereocenters. The van der Waals surface area contributed by atoms with Gasteiger partial charge in [-0.3, -0.25) is 4.79 Å². The number of nitrogens with zero attached hydrogens (tertiary/aromatic N) is 1. The number of carbonyl (C=O) groups is 1. The second-order valence-corrected chi connectivity index (χ2v) is 7.61. The zero-order valence-corrected chi connectivity index (χ0v) is 15.3. The molecule has 1 aromatic rings. The van der Waals surface area contributed by atoms with E-state index in [4.69, 9.17) is 10.5 Å². The molecule has 1 aromatic carbocycles. The van der Waals surface area contributed by atoms with Crippen molar-refractivity contribution in [1.82, 2.24) is 5.32 Å². The fourth-order valence-corrected chi connectivity index (χ4v) is 4.36. The van der Waals surface area contributed by atoms with Gasteiger partial charge in [-0.2, -0.15) is 0 Å². The molecule has 1 aliphatic heterocycles. The molecule has 1 aliphatic carbocycles. The van der Waals surface area contributed by atoms with Crippen molar-refractivity contribution in [2.45, 2.75) is 51.0 Å². The van der Waals surface area contributed by atoms with Gasteiger partial charge in [-0.1, -0.05) is 31.4 Å². The number of ether oxygens (including phenoxy) is 1. The van der Waals surface area contributed by atoms with E-state index in [2.05, 4.69) is 16.3 Å². The number of nitrogens with one attached hydrogen (secondary N) is 1. The van der Waals surface area contributed by atoms with Crippen LogP contribution in [0.25, 0.3) is 0 Å². The van der Waals surface area contributed by atoms with Crippen molar-refractivity contribution >= 4 is 11.6 Å². The number of benzene rings is 1. The normalized spacial score (nSPS) is 22.6. The summed E-state index contributed by atoms with van der Waals surface area (Å²) in [5.74, 6) is 1.05. The summed E-state index contributed by atoms with van der Waals surface area (Å²) in [7, 11) is 1.70. The summed E-state index contributed by atoms with van der Waals surface area (Å²) in [6, 6.07) is 8.27. The van der Waals surface area contributed by atoms with Crippen molar-refractivity contribution in [3.63, 3.8) is 0 Å². The Morgan fingerprint density at radius 3 is 2.80 bits per heavy atom. The summed E-state index contributed by atoms with van der Waals surface area (Å²) in [5, 5.41) is 3.25. The number of para-hydroxylation sites is 2. The van der Waals surface area contributed by atoms with Crippen LogP contribution in [0.3, 0.4) is 0 Å². The third-order valence-corrected chi connectivity index (χ3v) is 5.86. The number of hydrogen-bond donors (Lipinski definition) is 2. The first-order valence-electron chi connectivity index (χ1n) is 9.53. The predicted molar refractivity (Wildman–Crippen MR) is 101 cm³/mol. The first-order valence-corrected chi connectivity index (χ1v) is 9.53. The van der Waals surface area contributed by atoms with Gasteiger partial charge >= 0.3 is 0 Å². The highest BCUT2D eigenvalue weighted by Crippen LogP contribution is 2.38. The minimum absolute atomic E-state index is 0.0310. The SMILES string of the molecule is COc1ccccc1N1CCC(NC(=O)CC2(CN)CCCCC2)C1. The molecule has 0 aromatic heterocycles. The van der Waals surface area contributed by atoms with Gasteiger partial charge in [-0.25, -0.2) is 0 Å². The maximum atomic E-state index is 12.6. The molecule has 2 fully saturated rings. The van der Waals surface area contributed by atoms with Gasteiger partial charge in [-0.05, 0) is 43.4 Å². The standard InChI is InChI=1S/C20H31N3O2/c1-25-18-8-4-3-7-17(18)23-12-9-16(14-23)22-19(24)13-20(15-21)10-5-2-6-11-20/h3-4,7-8,16H,2,5-6,9-15,21H2,1H3,(H,22,24). The topological polar surface area (TPSA) is 67.6 Å². The van der Waals surface area contributed by atoms with E-state index >= 15 is 0 Å². The molecule has 0 radical (unpaired) electrons. The molecule has 3 rings (SSSR count). The quantitative estimate of drug-likeness (QED) is 0.832. The van der Waals surface area contributed by atoms with Crippen molar-refractivity contribution in [1.29, 1.82) is 0 Å². The maximum absolute atomic E-state index is 12.6. The molecule has 0 spiro atoms. The number of rotatable bonds is 6. The Balaban J connectivity index is 1.55. The Morgan fingerprint density at radius 2 is 2.08 bits per heavy atom. The molecule has 1 saturated heterocycles. The van der Waals surface area contributed by atoms with E-state index < -0.39 is 0 Å². The molecule has 1 unspecified atom stereocenters. The van der Waals surface area contributed by atoms with E-state index in [9.17, 15) is 4.79 Å². The third kappa shape index (κ3) is 4.27. The average Bonchev–Trinajstić information content (AvgIpc) is 3.10. The Labute approximate surface area is 150 Å². The second-order valence-electron chi connectivity index (χ2n) is 7.61. The van der Waals surface area contributed by atoms with E-state index in [-0.39, 0.29) is 17.4 Å². The van der Waals surface area contributed by atoms with Crippen molar-refractivity contribution in [3.8, 4) is 5.75 Å². The van der Waals surface area contributed by atoms with E-state index in [1.165, 1.54) is 19.3 Å². The van der Waals surface area contributed by atoms with Crippen LogP contribution in [0.15, 0.2) is 24.3 Å². The Bertz CT molecular complexity index is 584. The molecule has 3 N–H and O–H groups in total. The van der Waals surface area contributed by atoms with E-state index in [1.54, 1.807) is 7.11 Å². The number of amides is 1. The minimum Gasteiger partial charge on any atom is -0.495 e. The first kappa shape index (κ1) is 18.1. The average molecular weight is 345 g/mol. The number of methoxy groups -OCH3 is 1. The molecular weight excluding hydrogens is 314 g/mol. The van der Waals surface area contributed by atoms with Gasteiger partial charge in [0.25, 0.3) is 0 Å². The maximum Gasteiger partial charge on any atom is 0.220 e. The second kappa shape index (κ2) is 8.09. The fourth-order valence-electron chi connectivity index (χ4n) is 4.36. The lowest BCUT2D eigenvalue weighted by Crippen LogP contribution is -2.42. The molecule has 25 heavy (non-hydrogen) atoms. The van der Waals surface area contributed by atoms with Gasteiger partial charge in [0, 0.05) is 25.6 Å². The summed E-state index contributed by atoms with van der Waals surface area (Å²) in [4.78, 5) is 14.9. The molecule has 138 valence electrons. The van der Waals surface area contributed by atoms with Crippen LogP contribution in [0.4, 0.5) is 5.69 Å². The van der Waals surface area contributed by atoms with Gasteiger partial charge in [0.05, 0.1) is 12.8 Å². The van der Waals surface area contributed by atoms with Crippen LogP contribution in [-0.4, -0.2) is 38.7 Å². The van der Waals surface area contributed by atoms with E-state index in [1.807, 2.05) is 18.2 Å². The van der Waals surface area contributed by atoms with Crippen LogP contribution in [-0.2, 0) is 4.79 Å². The largest absolute Gasteiger partial charge is 0.495 e. The number of anilines is 1. The van der Waals surface area contributed by atoms with E-state index in [0.29, 0.717) is 13.0 Å². The van der Waals surface area contributed by atoms with Crippen LogP contribution in [0, 0.1) is 5.41 Å². The fraction of sp³-hybridized carbons (Fsp3) is 0.650. The summed E-state index contributed by atoms with van der Waals surface area (Å²) >= 11 is 0. The molecular formula is C20H31N3O2. The lowest BCUT2D eigenvalue weighted by atomic mass is 9.71. The number of carbonyl (C=O) groups excluding carboxylic acids is 1. The highest BCUT2D eigenvalue weighted by molar-refractivity contribution is 5.77. The smallest absolute Gasteiger partial charge is 0.220 e. The van der Waals surface area contributed by atoms with Gasteiger partial charge in [0.1, 0.15) is 5.75 Å². The molecule has 0 bridgehead atoms. The number of nitrogens with two attached hydrogens (primary N) is 1. The van der Waals surface area contributed by atoms with Crippen molar-refractivity contribution in [2.24, 2.45) is 11.1 Å². The summed E-state index contributed by atoms with van der Waals surface area (Å²) in [6.07, 6.45) is 7.42. The highest BCUT2D eigenvalue weighted by Gasteiger charge is 2.34. The minimum atomic E-state index is 0.0310. The van der Waals surface area contributed by atoms with Crippen LogP contribution in [0.5, 0.6) is 5.75 Å². The van der Waals surface area contributed by atoms with Gasteiger partial charge in [-0.15, -0.1) is 0 Å². The van der Waals surface area contributed by atoms with Gasteiger partial charge in [0.15, 0.2) is 0 Å². The zero-order chi connectivity index (χ0) is 17.7. The van der Waals surface area contributed by atoms with Crippen molar-refractivity contribution in [3.05, 3.63) is 24.3 Å².